The predicted molar refractivity (Wildman–Crippen MR) is 109 cm³/mol. The zero-order valence-electron chi connectivity index (χ0n) is 16.0. The number of hydrogen-bond donors (Lipinski definition) is 2. The van der Waals surface area contributed by atoms with E-state index in [4.69, 9.17) is 21.4 Å². The van der Waals surface area contributed by atoms with Crippen molar-refractivity contribution in [2.24, 2.45) is 0 Å². The van der Waals surface area contributed by atoms with E-state index in [1.54, 1.807) is 12.1 Å². The van der Waals surface area contributed by atoms with E-state index in [0.717, 1.165) is 10.8 Å². The molecule has 0 aliphatic heterocycles. The second-order valence-corrected chi connectivity index (χ2v) is 6.61. The summed E-state index contributed by atoms with van der Waals surface area (Å²) in [5.41, 5.74) is -0.538. The number of para-hydroxylation sites is 1. The van der Waals surface area contributed by atoms with Crippen LogP contribution in [0.1, 0.15) is 11.3 Å². The molecule has 2 heterocycles. The minimum absolute atomic E-state index is 0.130. The molecule has 1 amide bonds. The van der Waals surface area contributed by atoms with Gasteiger partial charge in [0.05, 0.1) is 16.4 Å². The van der Waals surface area contributed by atoms with Gasteiger partial charge in [-0.25, -0.2) is 4.79 Å². The number of aromatic nitrogens is 3. The van der Waals surface area contributed by atoms with Crippen LogP contribution in [0.25, 0.3) is 11.8 Å². The molecule has 0 unspecified atom stereocenters. The Labute approximate surface area is 183 Å². The third-order valence-corrected chi connectivity index (χ3v) is 4.25. The van der Waals surface area contributed by atoms with Crippen molar-refractivity contribution in [1.29, 1.82) is 0 Å². The van der Waals surface area contributed by atoms with Gasteiger partial charge in [-0.2, -0.15) is 23.0 Å². The number of pyridine rings is 1. The van der Waals surface area contributed by atoms with E-state index in [9.17, 15) is 22.8 Å². The van der Waals surface area contributed by atoms with E-state index in [0.29, 0.717) is 11.6 Å². The van der Waals surface area contributed by atoms with Crippen LogP contribution in [-0.4, -0.2) is 38.4 Å². The summed E-state index contributed by atoms with van der Waals surface area (Å²) >= 11 is 6.06. The van der Waals surface area contributed by atoms with Gasteiger partial charge in [0.1, 0.15) is 0 Å². The average molecular weight is 467 g/mol. The molecule has 0 aliphatic rings. The number of carboxylic acids is 1. The summed E-state index contributed by atoms with van der Waals surface area (Å²) in [5.74, 6) is -2.24. The number of nitrogens with one attached hydrogen (secondary N) is 1. The number of amides is 1. The van der Waals surface area contributed by atoms with E-state index < -0.39 is 30.4 Å². The number of benzene rings is 1. The van der Waals surface area contributed by atoms with Gasteiger partial charge in [-0.3, -0.25) is 9.78 Å². The molecule has 12 heteroatoms. The van der Waals surface area contributed by atoms with E-state index >= 15 is 0 Å². The standard InChI is InChI=1S/C20H14ClF3N4O4/c21-13-3-1-2-4-15(13)28-18(9-16(27-28)20(22,23)24)32-11-17(29)26-14-7-8-25-10-12(14)5-6-19(30)31/h1-10H,11H2,(H,30,31)(H,25,26,29). The molecule has 3 rings (SSSR count). The van der Waals surface area contributed by atoms with Gasteiger partial charge in [-0.15, -0.1) is 0 Å². The maximum absolute atomic E-state index is 13.2. The molecule has 166 valence electrons. The summed E-state index contributed by atoms with van der Waals surface area (Å²) in [6.45, 7) is -0.655. The Kier molecular flexibility index (Phi) is 6.79. The van der Waals surface area contributed by atoms with Crippen molar-refractivity contribution in [2.45, 2.75) is 6.18 Å². The lowest BCUT2D eigenvalue weighted by Gasteiger charge is -2.11. The van der Waals surface area contributed by atoms with Crippen molar-refractivity contribution in [3.05, 3.63) is 71.1 Å². The van der Waals surface area contributed by atoms with Gasteiger partial charge in [-0.1, -0.05) is 23.7 Å². The first kappa shape index (κ1) is 22.8. The van der Waals surface area contributed by atoms with Crippen LogP contribution in [0.3, 0.4) is 0 Å². The van der Waals surface area contributed by atoms with E-state index in [1.807, 2.05) is 0 Å². The van der Waals surface area contributed by atoms with E-state index in [1.165, 1.54) is 36.7 Å². The van der Waals surface area contributed by atoms with Gasteiger partial charge in [-0.05, 0) is 24.3 Å². The molecule has 2 aromatic heterocycles. The van der Waals surface area contributed by atoms with Crippen LogP contribution in [-0.2, 0) is 15.8 Å². The Morgan fingerprint density at radius 1 is 1.25 bits per heavy atom. The summed E-state index contributed by atoms with van der Waals surface area (Å²) in [7, 11) is 0. The first-order valence-corrected chi connectivity index (χ1v) is 9.23. The fourth-order valence-electron chi connectivity index (χ4n) is 2.54. The predicted octanol–water partition coefficient (Wildman–Crippen LogP) is 4.05. The number of anilines is 1. The van der Waals surface area contributed by atoms with Crippen LogP contribution in [0.2, 0.25) is 5.02 Å². The number of carboxylic acid groups (broad SMARTS) is 1. The molecule has 0 saturated carbocycles. The maximum atomic E-state index is 13.2. The number of halogens is 4. The molecule has 32 heavy (non-hydrogen) atoms. The summed E-state index contributed by atoms with van der Waals surface area (Å²) in [6, 6.07) is 8.15. The van der Waals surface area contributed by atoms with Crippen LogP contribution >= 0.6 is 11.6 Å². The molecule has 1 aromatic carbocycles. The Morgan fingerprint density at radius 3 is 2.69 bits per heavy atom. The largest absolute Gasteiger partial charge is 0.478 e. The summed E-state index contributed by atoms with van der Waals surface area (Å²) < 4.78 is 45.6. The lowest BCUT2D eigenvalue weighted by atomic mass is 10.2. The van der Waals surface area contributed by atoms with Gasteiger partial charge in [0.15, 0.2) is 12.3 Å². The Balaban J connectivity index is 1.80. The second-order valence-electron chi connectivity index (χ2n) is 6.20. The summed E-state index contributed by atoms with van der Waals surface area (Å²) in [5, 5.41) is 14.9. The highest BCUT2D eigenvalue weighted by molar-refractivity contribution is 6.32. The lowest BCUT2D eigenvalue weighted by molar-refractivity contribution is -0.141. The fourth-order valence-corrected chi connectivity index (χ4v) is 2.76. The SMILES string of the molecule is O=C(O)C=Cc1cnccc1NC(=O)COc1cc(C(F)(F)F)nn1-c1ccccc1Cl. The van der Waals surface area contributed by atoms with Crippen LogP contribution in [0, 0.1) is 0 Å². The first-order valence-electron chi connectivity index (χ1n) is 8.85. The average Bonchev–Trinajstić information content (AvgIpc) is 3.16. The molecule has 0 atom stereocenters. The Morgan fingerprint density at radius 2 is 2.00 bits per heavy atom. The van der Waals surface area contributed by atoms with E-state index in [2.05, 4.69) is 15.4 Å². The molecule has 3 aromatic rings. The maximum Gasteiger partial charge on any atom is 0.435 e. The topological polar surface area (TPSA) is 106 Å². The highest BCUT2D eigenvalue weighted by Crippen LogP contribution is 2.33. The number of nitrogens with zero attached hydrogens (tertiary/aromatic N) is 3. The van der Waals surface area contributed by atoms with Gasteiger partial charge in [0.25, 0.3) is 5.91 Å². The smallest absolute Gasteiger partial charge is 0.435 e. The zero-order valence-corrected chi connectivity index (χ0v) is 16.8. The number of rotatable bonds is 7. The monoisotopic (exact) mass is 466 g/mol. The highest BCUT2D eigenvalue weighted by Gasteiger charge is 2.36. The van der Waals surface area contributed by atoms with Gasteiger partial charge < -0.3 is 15.2 Å². The molecule has 0 aliphatic carbocycles. The van der Waals surface area contributed by atoms with Crippen molar-refractivity contribution < 1.29 is 32.6 Å². The summed E-state index contributed by atoms with van der Waals surface area (Å²) in [4.78, 5) is 26.9. The molecule has 0 radical (unpaired) electrons. The number of hydrogen-bond acceptors (Lipinski definition) is 5. The molecule has 0 saturated heterocycles. The molecular formula is C20H14ClF3N4O4. The van der Waals surface area contributed by atoms with E-state index in [-0.39, 0.29) is 22.3 Å². The molecule has 0 spiro atoms. The number of carbonyl (C=O) groups excluding carboxylic acids is 1. The third kappa shape index (κ3) is 5.64. The van der Waals surface area contributed by atoms with Crippen LogP contribution in [0.4, 0.5) is 18.9 Å². The molecular weight excluding hydrogens is 453 g/mol. The highest BCUT2D eigenvalue weighted by atomic mass is 35.5. The normalized spacial score (nSPS) is 11.5. The van der Waals surface area contributed by atoms with Crippen LogP contribution in [0.5, 0.6) is 5.88 Å². The van der Waals surface area contributed by atoms with Crippen LogP contribution in [0.15, 0.2) is 54.9 Å². The van der Waals surface area contributed by atoms with Crippen molar-refractivity contribution >= 4 is 35.2 Å². The molecule has 0 bridgehead atoms. The number of aliphatic carboxylic acids is 1. The lowest BCUT2D eigenvalue weighted by Crippen LogP contribution is -2.21. The number of ether oxygens (including phenoxy) is 1. The van der Waals surface area contributed by atoms with Crippen molar-refractivity contribution in [1.82, 2.24) is 14.8 Å². The first-order chi connectivity index (χ1) is 15.1. The number of alkyl halides is 3. The molecule has 0 fully saturated rings. The minimum atomic E-state index is -4.74. The minimum Gasteiger partial charge on any atom is -0.478 e. The second kappa shape index (κ2) is 9.52. The Bertz CT molecular complexity index is 1180. The van der Waals surface area contributed by atoms with Crippen LogP contribution < -0.4 is 10.1 Å². The van der Waals surface area contributed by atoms with Crippen molar-refractivity contribution in [3.63, 3.8) is 0 Å². The van der Waals surface area contributed by atoms with Crippen molar-refractivity contribution in [2.75, 3.05) is 11.9 Å². The van der Waals surface area contributed by atoms with Gasteiger partial charge >= 0.3 is 12.1 Å². The molecule has 2 N–H and O–H groups in total. The quantitative estimate of drug-likeness (QED) is 0.509. The van der Waals surface area contributed by atoms with Gasteiger partial charge in [0, 0.05) is 30.1 Å². The van der Waals surface area contributed by atoms with Gasteiger partial charge in [0.2, 0.25) is 5.88 Å². The Hall–Kier alpha value is -3.86. The third-order valence-electron chi connectivity index (χ3n) is 3.93. The van der Waals surface area contributed by atoms with Crippen molar-refractivity contribution in [3.8, 4) is 11.6 Å². The molecule has 8 nitrogen and oxygen atoms in total. The fraction of sp³-hybridized carbons (Fsp3) is 0.100. The zero-order chi connectivity index (χ0) is 23.3. The summed E-state index contributed by atoms with van der Waals surface area (Å²) in [6.07, 6.45) is 0.0574. The number of carbonyl (C=O) groups is 2.